The second kappa shape index (κ2) is 5.67. The highest BCUT2D eigenvalue weighted by Gasteiger charge is 2.37. The lowest BCUT2D eigenvalue weighted by Crippen LogP contribution is -2.63. The number of hydrogen-bond acceptors (Lipinski definition) is 4. The predicted molar refractivity (Wildman–Crippen MR) is 75.2 cm³/mol. The largest absolute Gasteiger partial charge is 0.444 e. The van der Waals surface area contributed by atoms with Crippen molar-refractivity contribution in [1.29, 1.82) is 0 Å². The first-order chi connectivity index (χ1) is 8.87. The molecule has 0 aromatic heterocycles. The maximum atomic E-state index is 12.4. The van der Waals surface area contributed by atoms with Crippen molar-refractivity contribution in [2.24, 2.45) is 0 Å². The van der Waals surface area contributed by atoms with E-state index in [0.29, 0.717) is 12.1 Å². The molecule has 2 aliphatic heterocycles. The molecule has 0 aliphatic carbocycles. The van der Waals surface area contributed by atoms with Crippen LogP contribution in [0.4, 0.5) is 4.79 Å². The molecule has 2 heterocycles. The van der Waals surface area contributed by atoms with E-state index in [-0.39, 0.29) is 6.09 Å². The predicted octanol–water partition coefficient (Wildman–Crippen LogP) is 1.29. The minimum Gasteiger partial charge on any atom is -0.444 e. The molecule has 5 nitrogen and oxygen atoms in total. The number of nitrogens with zero attached hydrogens (tertiary/aromatic N) is 2. The van der Waals surface area contributed by atoms with Gasteiger partial charge in [-0.3, -0.25) is 4.90 Å². The first kappa shape index (κ1) is 14.6. The van der Waals surface area contributed by atoms with Crippen molar-refractivity contribution >= 4 is 6.09 Å². The van der Waals surface area contributed by atoms with Gasteiger partial charge in [0.05, 0.1) is 6.04 Å². The van der Waals surface area contributed by atoms with Gasteiger partial charge in [-0.25, -0.2) is 4.79 Å². The number of amides is 1. The van der Waals surface area contributed by atoms with Gasteiger partial charge in [-0.2, -0.15) is 0 Å². The van der Waals surface area contributed by atoms with Crippen LogP contribution in [0.5, 0.6) is 0 Å². The summed E-state index contributed by atoms with van der Waals surface area (Å²) in [6, 6.07) is 0.640. The molecule has 0 aromatic rings. The molecule has 0 atom stereocenters. The van der Waals surface area contributed by atoms with E-state index in [2.05, 4.69) is 17.3 Å². The maximum absolute atomic E-state index is 12.4. The van der Waals surface area contributed by atoms with Gasteiger partial charge in [0, 0.05) is 19.1 Å². The summed E-state index contributed by atoms with van der Waals surface area (Å²) in [4.78, 5) is 16.8. The SMILES string of the molecule is CN1CCC(N(C(=O)OC(C)(C)C)C2CNC2)CC1. The zero-order chi connectivity index (χ0) is 14.0. The first-order valence-corrected chi connectivity index (χ1v) is 7.27. The maximum Gasteiger partial charge on any atom is 0.410 e. The molecule has 2 aliphatic rings. The number of ether oxygens (including phenoxy) is 1. The fraction of sp³-hybridized carbons (Fsp3) is 0.929. The lowest BCUT2D eigenvalue weighted by Gasteiger charge is -2.45. The molecule has 2 rings (SSSR count). The van der Waals surface area contributed by atoms with Crippen LogP contribution >= 0.6 is 0 Å². The highest BCUT2D eigenvalue weighted by Crippen LogP contribution is 2.22. The Kier molecular flexibility index (Phi) is 4.36. The van der Waals surface area contributed by atoms with E-state index in [1.165, 1.54) is 0 Å². The molecule has 2 fully saturated rings. The summed E-state index contributed by atoms with van der Waals surface area (Å²) in [6.07, 6.45) is 1.95. The molecule has 19 heavy (non-hydrogen) atoms. The topological polar surface area (TPSA) is 44.8 Å². The molecule has 0 bridgehead atoms. The van der Waals surface area contributed by atoms with E-state index < -0.39 is 5.60 Å². The third-order valence-corrected chi connectivity index (χ3v) is 3.84. The fourth-order valence-electron chi connectivity index (χ4n) is 2.65. The number of carbonyl (C=O) groups excluding carboxylic acids is 1. The summed E-state index contributed by atoms with van der Waals surface area (Å²) >= 11 is 0. The van der Waals surface area contributed by atoms with E-state index in [4.69, 9.17) is 4.74 Å². The van der Waals surface area contributed by atoms with Crippen molar-refractivity contribution in [3.8, 4) is 0 Å². The van der Waals surface area contributed by atoms with Crippen molar-refractivity contribution in [3.63, 3.8) is 0 Å². The molecule has 0 radical (unpaired) electrons. The Morgan fingerprint density at radius 2 is 1.79 bits per heavy atom. The van der Waals surface area contributed by atoms with Crippen LogP contribution in [0.25, 0.3) is 0 Å². The molecular formula is C14H27N3O2. The summed E-state index contributed by atoms with van der Waals surface area (Å²) in [5, 5.41) is 3.25. The Hall–Kier alpha value is -0.810. The van der Waals surface area contributed by atoms with Crippen LogP contribution in [0.3, 0.4) is 0 Å². The van der Waals surface area contributed by atoms with Gasteiger partial charge in [0.2, 0.25) is 0 Å². The fourth-order valence-corrected chi connectivity index (χ4v) is 2.65. The van der Waals surface area contributed by atoms with Crippen LogP contribution in [0.2, 0.25) is 0 Å². The quantitative estimate of drug-likeness (QED) is 0.820. The molecule has 0 unspecified atom stereocenters. The standard InChI is InChI=1S/C14H27N3O2/c1-14(2,3)19-13(18)17(12-9-15-10-12)11-5-7-16(4)8-6-11/h11-12,15H,5-10H2,1-4H3. The normalized spacial score (nSPS) is 22.9. The molecule has 2 saturated heterocycles. The van der Waals surface area contributed by atoms with Gasteiger partial charge < -0.3 is 15.0 Å². The minimum absolute atomic E-state index is 0.145. The zero-order valence-corrected chi connectivity index (χ0v) is 12.6. The lowest BCUT2D eigenvalue weighted by molar-refractivity contribution is -0.0104. The minimum atomic E-state index is -0.419. The average molecular weight is 269 g/mol. The van der Waals surface area contributed by atoms with E-state index in [0.717, 1.165) is 39.0 Å². The van der Waals surface area contributed by atoms with Gasteiger partial charge >= 0.3 is 6.09 Å². The molecule has 0 saturated carbocycles. The van der Waals surface area contributed by atoms with Gasteiger partial charge in [0.15, 0.2) is 0 Å². The highest BCUT2D eigenvalue weighted by molar-refractivity contribution is 5.69. The second-order valence-corrected chi connectivity index (χ2v) is 6.73. The Morgan fingerprint density at radius 1 is 1.21 bits per heavy atom. The number of hydrogen-bond donors (Lipinski definition) is 1. The number of piperidine rings is 1. The molecule has 110 valence electrons. The molecule has 5 heteroatoms. The number of likely N-dealkylation sites (tertiary alicyclic amines) is 1. The summed E-state index contributed by atoms with van der Waals surface area (Å²) in [7, 11) is 2.14. The molecule has 0 spiro atoms. The smallest absolute Gasteiger partial charge is 0.410 e. The van der Waals surface area contributed by atoms with Gasteiger partial charge in [0.1, 0.15) is 5.60 Å². The molecular weight excluding hydrogens is 242 g/mol. The Bertz CT molecular complexity index is 315. The highest BCUT2D eigenvalue weighted by atomic mass is 16.6. The second-order valence-electron chi connectivity index (χ2n) is 6.73. The van der Waals surface area contributed by atoms with Crippen LogP contribution in [-0.2, 0) is 4.74 Å². The van der Waals surface area contributed by atoms with E-state index in [1.807, 2.05) is 25.7 Å². The van der Waals surface area contributed by atoms with Crippen molar-refractivity contribution < 1.29 is 9.53 Å². The van der Waals surface area contributed by atoms with Crippen LogP contribution in [-0.4, -0.2) is 66.8 Å². The van der Waals surface area contributed by atoms with Gasteiger partial charge in [0.25, 0.3) is 0 Å². The number of nitrogens with one attached hydrogen (secondary N) is 1. The molecule has 1 N–H and O–H groups in total. The van der Waals surface area contributed by atoms with Crippen LogP contribution in [0, 0.1) is 0 Å². The average Bonchev–Trinajstić information content (AvgIpc) is 2.22. The van der Waals surface area contributed by atoms with E-state index in [9.17, 15) is 4.79 Å². The van der Waals surface area contributed by atoms with Gasteiger partial charge in [-0.1, -0.05) is 0 Å². The Labute approximate surface area is 116 Å². The van der Waals surface area contributed by atoms with Crippen LogP contribution < -0.4 is 5.32 Å². The van der Waals surface area contributed by atoms with Crippen molar-refractivity contribution in [2.45, 2.75) is 51.3 Å². The number of rotatable bonds is 2. The Balaban J connectivity index is 2.01. The molecule has 0 aromatic carbocycles. The number of carbonyl (C=O) groups is 1. The third-order valence-electron chi connectivity index (χ3n) is 3.84. The molecule has 1 amide bonds. The zero-order valence-electron chi connectivity index (χ0n) is 12.6. The summed E-state index contributed by atoms with van der Waals surface area (Å²) in [5.41, 5.74) is -0.419. The summed E-state index contributed by atoms with van der Waals surface area (Å²) in [5.74, 6) is 0. The summed E-state index contributed by atoms with van der Waals surface area (Å²) < 4.78 is 5.58. The van der Waals surface area contributed by atoms with Crippen LogP contribution in [0.1, 0.15) is 33.6 Å². The van der Waals surface area contributed by atoms with Crippen molar-refractivity contribution in [1.82, 2.24) is 15.1 Å². The Morgan fingerprint density at radius 3 is 2.21 bits per heavy atom. The summed E-state index contributed by atoms with van der Waals surface area (Å²) in [6.45, 7) is 9.69. The third kappa shape index (κ3) is 3.83. The van der Waals surface area contributed by atoms with Crippen molar-refractivity contribution in [3.05, 3.63) is 0 Å². The van der Waals surface area contributed by atoms with Crippen molar-refractivity contribution in [2.75, 3.05) is 33.2 Å². The first-order valence-electron chi connectivity index (χ1n) is 7.27. The van der Waals surface area contributed by atoms with Gasteiger partial charge in [-0.15, -0.1) is 0 Å². The lowest BCUT2D eigenvalue weighted by atomic mass is 10.00. The van der Waals surface area contributed by atoms with Crippen LogP contribution in [0.15, 0.2) is 0 Å². The monoisotopic (exact) mass is 269 g/mol. The van der Waals surface area contributed by atoms with Gasteiger partial charge in [-0.05, 0) is 53.8 Å². The van der Waals surface area contributed by atoms with E-state index >= 15 is 0 Å². The van der Waals surface area contributed by atoms with E-state index in [1.54, 1.807) is 0 Å².